The van der Waals surface area contributed by atoms with Crippen LogP contribution in [0.3, 0.4) is 0 Å². The van der Waals surface area contributed by atoms with Gasteiger partial charge in [0, 0.05) is 5.56 Å². The van der Waals surface area contributed by atoms with Gasteiger partial charge in [-0.1, -0.05) is 48.1 Å². The van der Waals surface area contributed by atoms with E-state index in [0.717, 1.165) is 15.8 Å². The molecule has 0 bridgehead atoms. The molecule has 2 aromatic carbocycles. The van der Waals surface area contributed by atoms with E-state index < -0.39 is 6.04 Å². The molecule has 3 rings (SSSR count). The van der Waals surface area contributed by atoms with Gasteiger partial charge in [0.1, 0.15) is 6.04 Å². The summed E-state index contributed by atoms with van der Waals surface area (Å²) in [6.45, 7) is 3.84. The number of rotatable bonds is 4. The van der Waals surface area contributed by atoms with Crippen LogP contribution in [0.4, 0.5) is 0 Å². The molecule has 26 heavy (non-hydrogen) atoms. The molecule has 1 amide bonds. The Morgan fingerprint density at radius 2 is 1.96 bits per heavy atom. The van der Waals surface area contributed by atoms with Gasteiger partial charge in [-0.05, 0) is 37.6 Å². The minimum Gasteiger partial charge on any atom is -0.467 e. The molecule has 0 N–H and O–H groups in total. The Hall–Kier alpha value is -2.73. The molecule has 5 nitrogen and oxygen atoms in total. The van der Waals surface area contributed by atoms with Crippen LogP contribution in [-0.2, 0) is 9.53 Å². The lowest BCUT2D eigenvalue weighted by Gasteiger charge is -2.15. The number of hydrogen-bond donors (Lipinski definition) is 0. The highest BCUT2D eigenvalue weighted by molar-refractivity contribution is 7.16. The third-order valence-electron chi connectivity index (χ3n) is 4.17. The minimum atomic E-state index is -0.528. The largest absolute Gasteiger partial charge is 0.467 e. The van der Waals surface area contributed by atoms with Gasteiger partial charge in [0.2, 0.25) is 0 Å². The highest BCUT2D eigenvalue weighted by atomic mass is 32.1. The Bertz CT molecular complexity index is 1030. The second-order valence-corrected chi connectivity index (χ2v) is 6.97. The molecule has 3 aromatic rings. The first-order valence-electron chi connectivity index (χ1n) is 8.38. The molecule has 0 radical (unpaired) electrons. The van der Waals surface area contributed by atoms with Gasteiger partial charge in [-0.3, -0.25) is 4.79 Å². The van der Waals surface area contributed by atoms with E-state index in [1.165, 1.54) is 18.4 Å². The van der Waals surface area contributed by atoms with E-state index in [4.69, 9.17) is 4.74 Å². The third-order valence-corrected chi connectivity index (χ3v) is 5.20. The van der Waals surface area contributed by atoms with Crippen molar-refractivity contribution < 1.29 is 14.3 Å². The van der Waals surface area contributed by atoms with Gasteiger partial charge in [0.25, 0.3) is 5.91 Å². The van der Waals surface area contributed by atoms with Gasteiger partial charge in [-0.2, -0.15) is 4.99 Å². The maximum absolute atomic E-state index is 12.7. The maximum Gasteiger partial charge on any atom is 0.328 e. The SMILES string of the molecule is CCC(C(=O)OC)n1c(=NC(=O)c2cccc(C)c2)sc2ccccc21. The number of carbonyl (C=O) groups is 2. The van der Waals surface area contributed by atoms with E-state index >= 15 is 0 Å². The summed E-state index contributed by atoms with van der Waals surface area (Å²) in [5, 5.41) is 0. The normalized spacial score (nSPS) is 13.0. The number of para-hydroxylation sites is 1. The molecule has 0 saturated heterocycles. The molecule has 1 heterocycles. The first-order chi connectivity index (χ1) is 12.5. The number of ether oxygens (including phenoxy) is 1. The molecule has 134 valence electrons. The Labute approximate surface area is 155 Å². The van der Waals surface area contributed by atoms with Crippen LogP contribution >= 0.6 is 11.3 Å². The summed E-state index contributed by atoms with van der Waals surface area (Å²) in [4.78, 5) is 29.8. The Kier molecular flexibility index (Phi) is 5.32. The zero-order valence-electron chi connectivity index (χ0n) is 14.9. The number of benzene rings is 2. The van der Waals surface area contributed by atoms with Crippen LogP contribution < -0.4 is 4.80 Å². The number of aryl methyl sites for hydroxylation is 1. The van der Waals surface area contributed by atoms with E-state index in [1.54, 1.807) is 16.7 Å². The lowest BCUT2D eigenvalue weighted by molar-refractivity contribution is -0.144. The lowest BCUT2D eigenvalue weighted by atomic mass is 10.1. The van der Waals surface area contributed by atoms with Crippen LogP contribution in [0.5, 0.6) is 0 Å². The molecular formula is C20H20N2O3S. The highest BCUT2D eigenvalue weighted by Crippen LogP contribution is 2.23. The first kappa shape index (κ1) is 18.1. The predicted molar refractivity (Wildman–Crippen MR) is 102 cm³/mol. The first-order valence-corrected chi connectivity index (χ1v) is 9.20. The van der Waals surface area contributed by atoms with Crippen LogP contribution in [0.25, 0.3) is 10.2 Å². The lowest BCUT2D eigenvalue weighted by Crippen LogP contribution is -2.28. The number of methoxy groups -OCH3 is 1. The van der Waals surface area contributed by atoms with E-state index in [9.17, 15) is 9.59 Å². The molecule has 0 fully saturated rings. The summed E-state index contributed by atoms with van der Waals surface area (Å²) in [7, 11) is 1.37. The molecule has 0 saturated carbocycles. The van der Waals surface area contributed by atoms with Gasteiger partial charge >= 0.3 is 5.97 Å². The number of carbonyl (C=O) groups excluding carboxylic acids is 2. The monoisotopic (exact) mass is 368 g/mol. The Morgan fingerprint density at radius 3 is 2.65 bits per heavy atom. The Morgan fingerprint density at radius 1 is 1.19 bits per heavy atom. The van der Waals surface area contributed by atoms with Crippen molar-refractivity contribution in [3.05, 3.63) is 64.5 Å². The molecule has 1 aromatic heterocycles. The van der Waals surface area contributed by atoms with Crippen molar-refractivity contribution in [2.24, 2.45) is 4.99 Å². The van der Waals surface area contributed by atoms with Gasteiger partial charge in [-0.15, -0.1) is 0 Å². The highest BCUT2D eigenvalue weighted by Gasteiger charge is 2.23. The van der Waals surface area contributed by atoms with Gasteiger partial charge in [0.05, 0.1) is 17.3 Å². The smallest absolute Gasteiger partial charge is 0.328 e. The van der Waals surface area contributed by atoms with Crippen LogP contribution in [0.15, 0.2) is 53.5 Å². The standard InChI is InChI=1S/C20H20N2O3S/c1-4-15(19(24)25-3)22-16-10-5-6-11-17(16)26-20(22)21-18(23)14-9-7-8-13(2)12-14/h5-12,15H,4H2,1-3H3. The molecule has 0 aliphatic rings. The Balaban J connectivity index is 2.20. The van der Waals surface area contributed by atoms with Crippen molar-refractivity contribution in [1.29, 1.82) is 0 Å². The molecule has 0 spiro atoms. The minimum absolute atomic E-state index is 0.325. The molecule has 1 unspecified atom stereocenters. The van der Waals surface area contributed by atoms with Crippen LogP contribution in [-0.4, -0.2) is 23.6 Å². The van der Waals surface area contributed by atoms with E-state index in [-0.39, 0.29) is 11.9 Å². The second-order valence-electron chi connectivity index (χ2n) is 5.96. The molecule has 0 aliphatic carbocycles. The fourth-order valence-electron chi connectivity index (χ4n) is 2.89. The number of fused-ring (bicyclic) bond motifs is 1. The summed E-state index contributed by atoms with van der Waals surface area (Å²) in [6.07, 6.45) is 0.541. The summed E-state index contributed by atoms with van der Waals surface area (Å²) in [5.41, 5.74) is 2.39. The molecule has 6 heteroatoms. The average Bonchev–Trinajstić information content (AvgIpc) is 3.00. The van der Waals surface area contributed by atoms with Gasteiger partial charge in [-0.25, -0.2) is 4.79 Å². The quantitative estimate of drug-likeness (QED) is 0.657. The zero-order chi connectivity index (χ0) is 18.7. The van der Waals surface area contributed by atoms with Crippen molar-refractivity contribution in [1.82, 2.24) is 4.57 Å². The second kappa shape index (κ2) is 7.66. The van der Waals surface area contributed by atoms with E-state index in [0.29, 0.717) is 16.8 Å². The summed E-state index contributed by atoms with van der Waals surface area (Å²) < 4.78 is 7.72. The predicted octanol–water partition coefficient (Wildman–Crippen LogP) is 3.88. The number of thiazole rings is 1. The fraction of sp³-hybridized carbons (Fsp3) is 0.250. The van der Waals surface area contributed by atoms with Crippen molar-refractivity contribution in [3.8, 4) is 0 Å². The van der Waals surface area contributed by atoms with Crippen molar-refractivity contribution in [3.63, 3.8) is 0 Å². The van der Waals surface area contributed by atoms with Crippen LogP contribution in [0.2, 0.25) is 0 Å². The topological polar surface area (TPSA) is 60.7 Å². The van der Waals surface area contributed by atoms with Crippen molar-refractivity contribution in [2.45, 2.75) is 26.3 Å². The summed E-state index contributed by atoms with van der Waals surface area (Å²) in [6, 6.07) is 14.5. The number of esters is 1. The van der Waals surface area contributed by atoms with Crippen molar-refractivity contribution >= 4 is 33.4 Å². The van der Waals surface area contributed by atoms with Gasteiger partial charge in [0.15, 0.2) is 4.80 Å². The number of hydrogen-bond acceptors (Lipinski definition) is 4. The molecule has 0 aliphatic heterocycles. The third kappa shape index (κ3) is 3.46. The zero-order valence-corrected chi connectivity index (χ0v) is 15.7. The summed E-state index contributed by atoms with van der Waals surface area (Å²) in [5.74, 6) is -0.672. The van der Waals surface area contributed by atoms with Crippen molar-refractivity contribution in [2.75, 3.05) is 7.11 Å². The molecular weight excluding hydrogens is 348 g/mol. The van der Waals surface area contributed by atoms with E-state index in [1.807, 2.05) is 50.2 Å². The average molecular weight is 368 g/mol. The number of aromatic nitrogens is 1. The van der Waals surface area contributed by atoms with E-state index in [2.05, 4.69) is 4.99 Å². The van der Waals surface area contributed by atoms with Crippen LogP contribution in [0.1, 0.15) is 35.3 Å². The maximum atomic E-state index is 12.7. The number of nitrogens with zero attached hydrogens (tertiary/aromatic N) is 2. The summed E-state index contributed by atoms with van der Waals surface area (Å²) >= 11 is 1.39. The number of amides is 1. The molecule has 1 atom stereocenters. The van der Waals surface area contributed by atoms with Crippen LogP contribution in [0, 0.1) is 6.92 Å². The van der Waals surface area contributed by atoms with Gasteiger partial charge < -0.3 is 9.30 Å². The fourth-order valence-corrected chi connectivity index (χ4v) is 3.96.